The van der Waals surface area contributed by atoms with E-state index in [2.05, 4.69) is 17.1 Å². The van der Waals surface area contributed by atoms with Crippen LogP contribution in [0.25, 0.3) is 0 Å². The summed E-state index contributed by atoms with van der Waals surface area (Å²) in [5.74, 6) is -0.266. The molecule has 1 N–H and O–H groups in total. The quantitative estimate of drug-likeness (QED) is 0.867. The first-order chi connectivity index (χ1) is 9.66. The maximum atomic E-state index is 13.4. The molecule has 110 valence electrons. The normalized spacial score (nSPS) is 17.1. The van der Waals surface area contributed by atoms with Crippen molar-refractivity contribution < 1.29 is 9.18 Å². The van der Waals surface area contributed by atoms with E-state index in [9.17, 15) is 9.18 Å². The highest BCUT2D eigenvalue weighted by Gasteiger charge is 2.18. The first-order valence-electron chi connectivity index (χ1n) is 7.41. The number of amides is 1. The lowest BCUT2D eigenvalue weighted by molar-refractivity contribution is -0.121. The molecule has 0 spiro atoms. The van der Waals surface area contributed by atoms with Crippen LogP contribution in [0.2, 0.25) is 0 Å². The van der Waals surface area contributed by atoms with Gasteiger partial charge in [-0.05, 0) is 45.3 Å². The number of likely N-dealkylation sites (tertiary alicyclic amines) is 1. The molecule has 0 bridgehead atoms. The van der Waals surface area contributed by atoms with Crippen molar-refractivity contribution in [1.29, 1.82) is 0 Å². The van der Waals surface area contributed by atoms with E-state index < -0.39 is 0 Å². The second kappa shape index (κ2) is 7.39. The number of nitrogens with zero attached hydrogens (tertiary/aromatic N) is 1. The molecule has 4 heteroatoms. The zero-order chi connectivity index (χ0) is 14.4. The van der Waals surface area contributed by atoms with Crippen molar-refractivity contribution in [3.05, 3.63) is 35.6 Å². The van der Waals surface area contributed by atoms with E-state index in [0.717, 1.165) is 19.5 Å². The summed E-state index contributed by atoms with van der Waals surface area (Å²) >= 11 is 0. The predicted molar refractivity (Wildman–Crippen MR) is 77.7 cm³/mol. The lowest BCUT2D eigenvalue weighted by atomic mass is 10.1. The van der Waals surface area contributed by atoms with Gasteiger partial charge in [0.2, 0.25) is 5.91 Å². The minimum absolute atomic E-state index is 0.000648. The molecule has 1 aliphatic heterocycles. The smallest absolute Gasteiger partial charge is 0.220 e. The highest BCUT2D eigenvalue weighted by molar-refractivity contribution is 5.75. The minimum Gasteiger partial charge on any atom is -0.352 e. The summed E-state index contributed by atoms with van der Waals surface area (Å²) in [7, 11) is 0. The van der Waals surface area contributed by atoms with Gasteiger partial charge in [0.25, 0.3) is 0 Å². The van der Waals surface area contributed by atoms with Crippen molar-refractivity contribution >= 4 is 5.91 Å². The lowest BCUT2D eigenvalue weighted by Gasteiger charge is -2.23. The van der Waals surface area contributed by atoms with E-state index in [1.165, 1.54) is 18.9 Å². The first-order valence-corrected chi connectivity index (χ1v) is 7.41. The molecule has 1 fully saturated rings. The fourth-order valence-electron chi connectivity index (χ4n) is 2.63. The summed E-state index contributed by atoms with van der Waals surface area (Å²) < 4.78 is 13.4. The number of hydrogen-bond acceptors (Lipinski definition) is 2. The van der Waals surface area contributed by atoms with Crippen molar-refractivity contribution in [2.24, 2.45) is 0 Å². The number of carbonyl (C=O) groups excluding carboxylic acids is 1. The molecule has 2 rings (SSSR count). The fraction of sp³-hybridized carbons (Fsp3) is 0.562. The summed E-state index contributed by atoms with van der Waals surface area (Å²) in [6.45, 7) is 4.75. The second-order valence-corrected chi connectivity index (χ2v) is 5.50. The zero-order valence-corrected chi connectivity index (χ0v) is 12.1. The molecule has 0 aliphatic carbocycles. The molecular formula is C16H23FN2O. The Labute approximate surface area is 120 Å². The molecule has 1 amide bonds. The van der Waals surface area contributed by atoms with Gasteiger partial charge in [-0.25, -0.2) is 4.39 Å². The minimum atomic E-state index is -0.266. The largest absolute Gasteiger partial charge is 0.352 e. The van der Waals surface area contributed by atoms with Crippen molar-refractivity contribution in [2.45, 2.75) is 45.2 Å². The fourth-order valence-corrected chi connectivity index (χ4v) is 2.63. The van der Waals surface area contributed by atoms with Crippen LogP contribution in [0, 0.1) is 5.82 Å². The Bertz CT molecular complexity index is 444. The van der Waals surface area contributed by atoms with Crippen molar-refractivity contribution in [3.8, 4) is 0 Å². The van der Waals surface area contributed by atoms with Gasteiger partial charge in [0.1, 0.15) is 5.82 Å². The van der Waals surface area contributed by atoms with Crippen LogP contribution in [0.3, 0.4) is 0 Å². The van der Waals surface area contributed by atoms with E-state index in [0.29, 0.717) is 18.0 Å². The molecule has 1 atom stereocenters. The van der Waals surface area contributed by atoms with Gasteiger partial charge < -0.3 is 10.2 Å². The second-order valence-electron chi connectivity index (χ2n) is 5.50. The van der Waals surface area contributed by atoms with Crippen molar-refractivity contribution in [2.75, 3.05) is 13.1 Å². The molecule has 0 aromatic heterocycles. The molecule has 1 aromatic carbocycles. The molecule has 1 saturated heterocycles. The van der Waals surface area contributed by atoms with Crippen LogP contribution in [0.15, 0.2) is 24.3 Å². The first kappa shape index (κ1) is 15.0. The van der Waals surface area contributed by atoms with Crippen LogP contribution in [-0.4, -0.2) is 29.9 Å². The molecule has 20 heavy (non-hydrogen) atoms. The van der Waals surface area contributed by atoms with E-state index >= 15 is 0 Å². The average molecular weight is 278 g/mol. The maximum Gasteiger partial charge on any atom is 0.220 e. The zero-order valence-electron chi connectivity index (χ0n) is 12.1. The van der Waals surface area contributed by atoms with Crippen LogP contribution in [0.5, 0.6) is 0 Å². The molecule has 3 nitrogen and oxygen atoms in total. The summed E-state index contributed by atoms with van der Waals surface area (Å²) in [6.07, 6.45) is 3.91. The number of halogens is 1. The third kappa shape index (κ3) is 4.30. The Morgan fingerprint density at radius 3 is 2.75 bits per heavy atom. The lowest BCUT2D eigenvalue weighted by Crippen LogP contribution is -2.32. The monoisotopic (exact) mass is 278 g/mol. The number of carbonyl (C=O) groups is 1. The van der Waals surface area contributed by atoms with E-state index in [-0.39, 0.29) is 18.3 Å². The molecular weight excluding hydrogens is 255 g/mol. The van der Waals surface area contributed by atoms with E-state index in [1.54, 1.807) is 18.2 Å². The molecule has 0 saturated carbocycles. The Kier molecular flexibility index (Phi) is 5.53. The van der Waals surface area contributed by atoms with Crippen LogP contribution in [-0.2, 0) is 11.3 Å². The predicted octanol–water partition coefficient (Wildman–Crippen LogP) is 2.71. The number of hydrogen-bond donors (Lipinski definition) is 1. The summed E-state index contributed by atoms with van der Waals surface area (Å²) in [4.78, 5) is 14.2. The Morgan fingerprint density at radius 2 is 2.05 bits per heavy atom. The number of rotatable bonds is 6. The van der Waals surface area contributed by atoms with Gasteiger partial charge >= 0.3 is 0 Å². The third-order valence-electron chi connectivity index (χ3n) is 3.99. The van der Waals surface area contributed by atoms with Gasteiger partial charge in [0, 0.05) is 24.6 Å². The molecule has 1 aliphatic rings. The third-order valence-corrected chi connectivity index (χ3v) is 3.99. The van der Waals surface area contributed by atoms with Crippen molar-refractivity contribution in [1.82, 2.24) is 10.2 Å². The van der Waals surface area contributed by atoms with Gasteiger partial charge in [-0.2, -0.15) is 0 Å². The topological polar surface area (TPSA) is 32.3 Å². The molecule has 1 heterocycles. The highest BCUT2D eigenvalue weighted by atomic mass is 19.1. The number of benzene rings is 1. The maximum absolute atomic E-state index is 13.4. The molecule has 1 aromatic rings. The van der Waals surface area contributed by atoms with Gasteiger partial charge in [-0.1, -0.05) is 18.2 Å². The van der Waals surface area contributed by atoms with Crippen LogP contribution >= 0.6 is 0 Å². The van der Waals surface area contributed by atoms with Crippen molar-refractivity contribution in [3.63, 3.8) is 0 Å². The Morgan fingerprint density at radius 1 is 1.35 bits per heavy atom. The average Bonchev–Trinajstić information content (AvgIpc) is 2.98. The Hall–Kier alpha value is -1.42. The summed E-state index contributed by atoms with van der Waals surface area (Å²) in [5.41, 5.74) is 0.536. The van der Waals surface area contributed by atoms with Gasteiger partial charge in [-0.3, -0.25) is 4.79 Å². The highest BCUT2D eigenvalue weighted by Crippen LogP contribution is 2.14. The summed E-state index contributed by atoms with van der Waals surface area (Å²) in [5, 5.41) is 2.79. The Balaban J connectivity index is 1.69. The summed E-state index contributed by atoms with van der Waals surface area (Å²) in [6, 6.07) is 6.99. The number of nitrogens with one attached hydrogen (secondary N) is 1. The SMILES string of the molecule is C[C@@H](CCC(=O)NCc1ccccc1F)N1CCCC1. The van der Waals surface area contributed by atoms with Gasteiger partial charge in [0.15, 0.2) is 0 Å². The van der Waals surface area contributed by atoms with Gasteiger partial charge in [-0.15, -0.1) is 0 Å². The molecule has 0 unspecified atom stereocenters. The van der Waals surface area contributed by atoms with E-state index in [4.69, 9.17) is 0 Å². The van der Waals surface area contributed by atoms with Crippen LogP contribution in [0.1, 0.15) is 38.2 Å². The van der Waals surface area contributed by atoms with Crippen LogP contribution < -0.4 is 5.32 Å². The molecule has 0 radical (unpaired) electrons. The van der Waals surface area contributed by atoms with Crippen LogP contribution in [0.4, 0.5) is 4.39 Å². The van der Waals surface area contributed by atoms with E-state index in [1.807, 2.05) is 0 Å². The standard InChI is InChI=1S/C16H23FN2O/c1-13(19-10-4-5-11-19)8-9-16(20)18-12-14-6-2-3-7-15(14)17/h2-3,6-7,13H,4-5,8-12H2,1H3,(H,18,20)/t13-/m0/s1. The van der Waals surface area contributed by atoms with Gasteiger partial charge in [0.05, 0.1) is 0 Å².